The van der Waals surface area contributed by atoms with Crippen molar-refractivity contribution in [1.82, 2.24) is 0 Å². The molecular formula is C9H7N2O3. The van der Waals surface area contributed by atoms with Crippen molar-refractivity contribution in [2.45, 2.75) is 6.10 Å². The van der Waals surface area contributed by atoms with Gasteiger partial charge in [-0.15, -0.1) is 0 Å². The molecule has 3 N–H and O–H groups in total. The fraction of sp³-hybridized carbons (Fsp3) is 0.111. The van der Waals surface area contributed by atoms with Gasteiger partial charge in [0.2, 0.25) is 0 Å². The topological polar surface area (TPSA) is 81.4 Å². The van der Waals surface area contributed by atoms with Crippen molar-refractivity contribution in [3.05, 3.63) is 24.3 Å². The molecule has 1 unspecified atom stereocenters. The van der Waals surface area contributed by atoms with E-state index in [9.17, 15) is 9.59 Å². The summed E-state index contributed by atoms with van der Waals surface area (Å²) in [6.07, 6.45) is -1.25. The molecule has 0 aromatic heterocycles. The second-order valence-electron chi connectivity index (χ2n) is 2.81. The third-order valence-corrected chi connectivity index (χ3v) is 1.82. The van der Waals surface area contributed by atoms with Gasteiger partial charge in [-0.1, -0.05) is 6.07 Å². The van der Waals surface area contributed by atoms with E-state index in [4.69, 9.17) is 10.5 Å². The maximum atomic E-state index is 11.2. The summed E-state index contributed by atoms with van der Waals surface area (Å²) in [5, 5.41) is 2.50. The highest BCUT2D eigenvalue weighted by molar-refractivity contribution is 6.10. The molecule has 0 saturated carbocycles. The van der Waals surface area contributed by atoms with E-state index in [2.05, 4.69) is 11.4 Å². The fourth-order valence-electron chi connectivity index (χ4n) is 1.18. The zero-order valence-electron chi connectivity index (χ0n) is 7.11. The Kier molecular flexibility index (Phi) is 1.85. The Morgan fingerprint density at radius 2 is 2.43 bits per heavy atom. The van der Waals surface area contributed by atoms with Crippen LogP contribution in [-0.4, -0.2) is 17.9 Å². The maximum Gasteiger partial charge on any atom is 0.275 e. The predicted molar refractivity (Wildman–Crippen MR) is 47.5 cm³/mol. The van der Waals surface area contributed by atoms with Crippen LogP contribution < -0.4 is 15.8 Å². The second kappa shape index (κ2) is 3.02. The highest BCUT2D eigenvalue weighted by atomic mass is 16.5. The molecule has 2 amide bonds. The number of carbonyl (C=O) groups is 2. The zero-order chi connectivity index (χ0) is 10.1. The molecular weight excluding hydrogens is 184 g/mol. The van der Waals surface area contributed by atoms with Crippen LogP contribution in [0.3, 0.4) is 0 Å². The van der Waals surface area contributed by atoms with Crippen molar-refractivity contribution >= 4 is 17.5 Å². The third kappa shape index (κ3) is 1.28. The van der Waals surface area contributed by atoms with E-state index < -0.39 is 17.9 Å². The van der Waals surface area contributed by atoms with Gasteiger partial charge >= 0.3 is 0 Å². The second-order valence-corrected chi connectivity index (χ2v) is 2.81. The predicted octanol–water partition coefficient (Wildman–Crippen LogP) is -0.328. The van der Waals surface area contributed by atoms with Crippen molar-refractivity contribution in [2.24, 2.45) is 5.73 Å². The van der Waals surface area contributed by atoms with Gasteiger partial charge in [0.1, 0.15) is 5.75 Å². The van der Waals surface area contributed by atoms with Crippen LogP contribution in [0.2, 0.25) is 0 Å². The Bertz CT molecular complexity index is 403. The average molecular weight is 191 g/mol. The number of amides is 2. The number of fused-ring (bicyclic) bond motifs is 1. The summed E-state index contributed by atoms with van der Waals surface area (Å²) >= 11 is 0. The molecule has 5 nitrogen and oxygen atoms in total. The van der Waals surface area contributed by atoms with Crippen molar-refractivity contribution in [1.29, 1.82) is 0 Å². The van der Waals surface area contributed by atoms with Crippen molar-refractivity contribution < 1.29 is 14.3 Å². The van der Waals surface area contributed by atoms with E-state index in [0.717, 1.165) is 0 Å². The first-order chi connectivity index (χ1) is 6.68. The van der Waals surface area contributed by atoms with Crippen LogP contribution in [0.1, 0.15) is 0 Å². The summed E-state index contributed by atoms with van der Waals surface area (Å²) in [5.74, 6) is -0.933. The molecule has 1 aliphatic heterocycles. The SMILES string of the molecule is NC(=O)C1Oc2cc[c]cc2NC1=O. The Hall–Kier alpha value is -2.04. The molecule has 0 spiro atoms. The van der Waals surface area contributed by atoms with E-state index in [1.54, 1.807) is 18.2 Å². The lowest BCUT2D eigenvalue weighted by Gasteiger charge is -2.23. The monoisotopic (exact) mass is 191 g/mol. The van der Waals surface area contributed by atoms with Crippen LogP contribution in [0.15, 0.2) is 18.2 Å². The largest absolute Gasteiger partial charge is 0.468 e. The number of primary amides is 1. The molecule has 1 aromatic carbocycles. The van der Waals surface area contributed by atoms with E-state index in [0.29, 0.717) is 11.4 Å². The molecule has 5 heteroatoms. The lowest BCUT2D eigenvalue weighted by Crippen LogP contribution is -2.46. The summed E-state index contributed by atoms with van der Waals surface area (Å²) in [7, 11) is 0. The molecule has 1 atom stereocenters. The Morgan fingerprint density at radius 3 is 3.14 bits per heavy atom. The molecule has 1 aromatic rings. The molecule has 0 bridgehead atoms. The van der Waals surface area contributed by atoms with E-state index >= 15 is 0 Å². The molecule has 1 heterocycles. The average Bonchev–Trinajstić information content (AvgIpc) is 2.16. The fourth-order valence-corrected chi connectivity index (χ4v) is 1.18. The van der Waals surface area contributed by atoms with Crippen molar-refractivity contribution in [3.63, 3.8) is 0 Å². The van der Waals surface area contributed by atoms with Gasteiger partial charge < -0.3 is 15.8 Å². The highest BCUT2D eigenvalue weighted by Gasteiger charge is 2.31. The van der Waals surface area contributed by atoms with Crippen molar-refractivity contribution in [2.75, 3.05) is 5.32 Å². The van der Waals surface area contributed by atoms with Gasteiger partial charge in [-0.2, -0.15) is 0 Å². The summed E-state index contributed by atoms with van der Waals surface area (Å²) in [4.78, 5) is 22.1. The van der Waals surface area contributed by atoms with Crippen LogP contribution in [0.4, 0.5) is 5.69 Å². The van der Waals surface area contributed by atoms with Crippen LogP contribution in [0, 0.1) is 6.07 Å². The first-order valence-electron chi connectivity index (χ1n) is 3.95. The summed E-state index contributed by atoms with van der Waals surface area (Å²) in [6, 6.07) is 7.56. The first-order valence-corrected chi connectivity index (χ1v) is 3.95. The van der Waals surface area contributed by atoms with E-state index in [1.165, 1.54) is 0 Å². The lowest BCUT2D eigenvalue weighted by molar-refractivity contribution is -0.135. The summed E-state index contributed by atoms with van der Waals surface area (Å²) in [6.45, 7) is 0. The number of benzene rings is 1. The smallest absolute Gasteiger partial charge is 0.275 e. The van der Waals surface area contributed by atoms with Gasteiger partial charge in [0, 0.05) is 0 Å². The molecule has 0 aliphatic carbocycles. The first kappa shape index (κ1) is 8.55. The highest BCUT2D eigenvalue weighted by Crippen LogP contribution is 2.28. The summed E-state index contributed by atoms with van der Waals surface area (Å²) in [5.41, 5.74) is 5.48. The minimum absolute atomic E-state index is 0.423. The number of carbonyl (C=O) groups excluding carboxylic acids is 2. The minimum Gasteiger partial charge on any atom is -0.468 e. The number of hydrogen-bond acceptors (Lipinski definition) is 3. The maximum absolute atomic E-state index is 11.2. The number of rotatable bonds is 1. The quantitative estimate of drug-likeness (QED) is 0.596. The molecule has 71 valence electrons. The standard InChI is InChI=1S/C9H7N2O3/c10-8(12)7-9(13)11-5-3-1-2-4-6(5)14-7/h2-4,7H,(H2,10,12)(H,11,13). The molecule has 0 fully saturated rings. The van der Waals surface area contributed by atoms with Crippen LogP contribution in [0.25, 0.3) is 0 Å². The molecule has 14 heavy (non-hydrogen) atoms. The third-order valence-electron chi connectivity index (χ3n) is 1.82. The normalized spacial score (nSPS) is 19.1. The van der Waals surface area contributed by atoms with Crippen molar-refractivity contribution in [3.8, 4) is 5.75 Å². The zero-order valence-corrected chi connectivity index (χ0v) is 7.11. The van der Waals surface area contributed by atoms with Gasteiger partial charge in [0.25, 0.3) is 17.9 Å². The molecule has 2 rings (SSSR count). The van der Waals surface area contributed by atoms with Gasteiger partial charge in [-0.25, -0.2) is 0 Å². The number of nitrogens with one attached hydrogen (secondary N) is 1. The number of hydrogen-bond donors (Lipinski definition) is 2. The summed E-state index contributed by atoms with van der Waals surface area (Å²) < 4.78 is 5.10. The Labute approximate surface area is 79.8 Å². The van der Waals surface area contributed by atoms with E-state index in [-0.39, 0.29) is 0 Å². The number of nitrogens with two attached hydrogens (primary N) is 1. The van der Waals surface area contributed by atoms with Crippen LogP contribution in [-0.2, 0) is 9.59 Å². The van der Waals surface area contributed by atoms with Crippen LogP contribution >= 0.6 is 0 Å². The Balaban J connectivity index is 2.36. The minimum atomic E-state index is -1.25. The molecule has 1 aliphatic rings. The number of anilines is 1. The van der Waals surface area contributed by atoms with Crippen LogP contribution in [0.5, 0.6) is 5.75 Å². The van der Waals surface area contributed by atoms with Gasteiger partial charge in [-0.3, -0.25) is 9.59 Å². The lowest BCUT2D eigenvalue weighted by atomic mass is 10.2. The van der Waals surface area contributed by atoms with Gasteiger partial charge in [-0.05, 0) is 18.2 Å². The van der Waals surface area contributed by atoms with Gasteiger partial charge in [0.05, 0.1) is 5.69 Å². The number of ether oxygens (including phenoxy) is 1. The van der Waals surface area contributed by atoms with E-state index in [1.807, 2.05) is 0 Å². The molecule has 0 saturated heterocycles. The molecule has 1 radical (unpaired) electrons. The Morgan fingerprint density at radius 1 is 1.64 bits per heavy atom. The van der Waals surface area contributed by atoms with Gasteiger partial charge in [0.15, 0.2) is 0 Å².